The van der Waals surface area contributed by atoms with Gasteiger partial charge in [0, 0.05) is 12.6 Å². The molecule has 0 spiro atoms. The summed E-state index contributed by atoms with van der Waals surface area (Å²) in [4.78, 5) is 12.8. The maximum Gasteiger partial charge on any atom is 0.237 e. The van der Waals surface area contributed by atoms with E-state index in [1.165, 1.54) is 57.8 Å². The minimum atomic E-state index is -0.504. The largest absolute Gasteiger partial charge is 0.370 e. The zero-order valence-electron chi connectivity index (χ0n) is 25.7. The Morgan fingerprint density at radius 3 is 2.54 bits per heavy atom. The lowest BCUT2D eigenvalue weighted by atomic mass is 9.47. The first-order valence-corrected chi connectivity index (χ1v) is 16.3. The number of hydrogen-bond acceptors (Lipinski definition) is 3. The van der Waals surface area contributed by atoms with E-state index >= 15 is 0 Å². The second-order valence-electron chi connectivity index (χ2n) is 14.8. The molecule has 0 bridgehead atoms. The monoisotopic (exact) mass is 541 g/mol. The van der Waals surface area contributed by atoms with Gasteiger partial charge in [-0.25, -0.2) is 0 Å². The van der Waals surface area contributed by atoms with Crippen molar-refractivity contribution in [2.24, 2.45) is 57.8 Å². The molecule has 0 radical (unpaired) electrons. The Bertz CT molecular complexity index is 901. The molecular weight excluding hydrogens is 482 g/mol. The van der Waals surface area contributed by atoms with Crippen LogP contribution in [0, 0.1) is 51.7 Å². The number of nitrogens with one attached hydrogen (secondary N) is 3. The minimum Gasteiger partial charge on any atom is -0.370 e. The van der Waals surface area contributed by atoms with Crippen LogP contribution < -0.4 is 22.1 Å². The van der Waals surface area contributed by atoms with E-state index in [0.29, 0.717) is 23.8 Å². The van der Waals surface area contributed by atoms with Gasteiger partial charge in [0.1, 0.15) is 0 Å². The number of hydrogen-bond donors (Lipinski definition) is 5. The van der Waals surface area contributed by atoms with Crippen LogP contribution in [-0.4, -0.2) is 30.5 Å². The summed E-state index contributed by atoms with van der Waals surface area (Å²) in [5.41, 5.74) is 14.0. The van der Waals surface area contributed by atoms with Crippen LogP contribution in [0.25, 0.3) is 0 Å². The van der Waals surface area contributed by atoms with Crippen LogP contribution >= 0.6 is 0 Å². The summed E-state index contributed by atoms with van der Waals surface area (Å²) >= 11 is 0. The molecule has 6 heteroatoms. The first kappa shape index (κ1) is 30.4. The molecule has 0 heterocycles. The normalized spacial score (nSPS) is 37.2. The van der Waals surface area contributed by atoms with Gasteiger partial charge in [0.25, 0.3) is 0 Å². The van der Waals surface area contributed by atoms with Crippen molar-refractivity contribution in [3.05, 3.63) is 11.6 Å². The quantitative estimate of drug-likeness (QED) is 0.0939. The Labute approximate surface area is 238 Å². The van der Waals surface area contributed by atoms with Crippen LogP contribution in [0.4, 0.5) is 0 Å². The summed E-state index contributed by atoms with van der Waals surface area (Å²) in [5.74, 6) is 5.04. The van der Waals surface area contributed by atoms with Gasteiger partial charge in [0.15, 0.2) is 5.96 Å². The van der Waals surface area contributed by atoms with Crippen molar-refractivity contribution < 1.29 is 4.79 Å². The molecule has 4 aliphatic carbocycles. The third-order valence-corrected chi connectivity index (χ3v) is 12.0. The van der Waals surface area contributed by atoms with Gasteiger partial charge >= 0.3 is 0 Å². The van der Waals surface area contributed by atoms with Gasteiger partial charge in [-0.3, -0.25) is 10.2 Å². The van der Waals surface area contributed by atoms with Gasteiger partial charge in [-0.1, -0.05) is 65.5 Å². The minimum absolute atomic E-state index is 0.0336. The number of allylic oxidation sites excluding steroid dienone is 1. The second-order valence-corrected chi connectivity index (χ2v) is 14.8. The van der Waals surface area contributed by atoms with Gasteiger partial charge in [-0.15, -0.1) is 0 Å². The Morgan fingerprint density at radius 2 is 1.82 bits per heavy atom. The molecule has 222 valence electrons. The lowest BCUT2D eigenvalue weighted by Crippen LogP contribution is -2.53. The summed E-state index contributed by atoms with van der Waals surface area (Å²) in [6, 6.07) is -0.304. The number of rotatable bonds is 11. The Balaban J connectivity index is 1.34. The molecule has 4 rings (SSSR count). The SMILES string of the molecule is CC(C)CCC[C@@H](C)[C@H]1CCC2C3CC=C4CC(NC(=O)[C@@H](N)CCCNC(=N)N)CC[C@]4(C)C3CC[C@@]21C. The Morgan fingerprint density at radius 1 is 1.05 bits per heavy atom. The summed E-state index contributed by atoms with van der Waals surface area (Å²) in [6.45, 7) is 13.1. The van der Waals surface area contributed by atoms with Crippen LogP contribution in [0.5, 0.6) is 0 Å². The van der Waals surface area contributed by atoms with E-state index in [1.807, 2.05) is 0 Å². The fourth-order valence-corrected chi connectivity index (χ4v) is 9.79. The van der Waals surface area contributed by atoms with Crippen LogP contribution in [0.15, 0.2) is 11.6 Å². The summed E-state index contributed by atoms with van der Waals surface area (Å²) in [7, 11) is 0. The van der Waals surface area contributed by atoms with Crippen molar-refractivity contribution in [1.82, 2.24) is 10.6 Å². The third-order valence-electron chi connectivity index (χ3n) is 12.0. The zero-order valence-corrected chi connectivity index (χ0v) is 25.7. The molecule has 0 saturated heterocycles. The van der Waals surface area contributed by atoms with Crippen molar-refractivity contribution in [3.8, 4) is 0 Å². The molecule has 0 aliphatic heterocycles. The summed E-state index contributed by atoms with van der Waals surface area (Å²) in [6.07, 6.45) is 18.3. The van der Waals surface area contributed by atoms with Gasteiger partial charge in [-0.2, -0.15) is 0 Å². The first-order chi connectivity index (χ1) is 18.5. The maximum atomic E-state index is 12.8. The second kappa shape index (κ2) is 12.5. The van der Waals surface area contributed by atoms with E-state index in [0.717, 1.165) is 54.8 Å². The summed E-state index contributed by atoms with van der Waals surface area (Å²) < 4.78 is 0. The van der Waals surface area contributed by atoms with Crippen molar-refractivity contribution in [1.29, 1.82) is 5.41 Å². The van der Waals surface area contributed by atoms with E-state index < -0.39 is 6.04 Å². The van der Waals surface area contributed by atoms with E-state index in [4.69, 9.17) is 16.9 Å². The molecular formula is C33H59N5O. The smallest absolute Gasteiger partial charge is 0.237 e. The van der Waals surface area contributed by atoms with Crippen molar-refractivity contribution in [3.63, 3.8) is 0 Å². The fraction of sp³-hybridized carbons (Fsp3) is 0.879. The molecule has 0 aromatic heterocycles. The standard InChI is InChI=1S/C33H59N5O/c1-21(2)8-6-9-22(3)26-13-14-27-25-12-11-23-20-24(38-30(39)29(34)10-7-19-37-31(35)36)15-17-32(23,4)28(25)16-18-33(26,27)5/h11,21-22,24-29H,6-10,12-20,34H2,1-5H3,(H,38,39)(H4,35,36,37)/t22-,24?,25?,26-,27?,28?,29+,32+,33-/m1/s1. The van der Waals surface area contributed by atoms with Crippen LogP contribution in [0.1, 0.15) is 118 Å². The number of nitrogens with two attached hydrogens (primary N) is 2. The molecule has 4 aliphatic rings. The average Bonchev–Trinajstić information content (AvgIpc) is 3.23. The predicted molar refractivity (Wildman–Crippen MR) is 162 cm³/mol. The van der Waals surface area contributed by atoms with Crippen LogP contribution in [0.3, 0.4) is 0 Å². The molecule has 7 N–H and O–H groups in total. The highest BCUT2D eigenvalue weighted by Gasteiger charge is 2.59. The van der Waals surface area contributed by atoms with Crippen molar-refractivity contribution in [2.45, 2.75) is 130 Å². The predicted octanol–water partition coefficient (Wildman–Crippen LogP) is 6.10. The molecule has 6 nitrogen and oxygen atoms in total. The lowest BCUT2D eigenvalue weighted by Gasteiger charge is -2.58. The van der Waals surface area contributed by atoms with E-state index in [1.54, 1.807) is 5.57 Å². The molecule has 0 aromatic carbocycles. The number of fused-ring (bicyclic) bond motifs is 5. The highest BCUT2D eigenvalue weighted by molar-refractivity contribution is 5.81. The topological polar surface area (TPSA) is 117 Å². The van der Waals surface area contributed by atoms with Gasteiger partial charge in [-0.05, 0) is 111 Å². The Hall–Kier alpha value is -1.56. The van der Waals surface area contributed by atoms with Gasteiger partial charge < -0.3 is 22.1 Å². The molecule has 1 amide bonds. The van der Waals surface area contributed by atoms with E-state index in [2.05, 4.69) is 51.3 Å². The molecule has 4 unspecified atom stereocenters. The third kappa shape index (κ3) is 6.52. The number of carbonyl (C=O) groups is 1. The maximum absolute atomic E-state index is 12.8. The fourth-order valence-electron chi connectivity index (χ4n) is 9.79. The van der Waals surface area contributed by atoms with E-state index in [9.17, 15) is 4.79 Å². The lowest BCUT2D eigenvalue weighted by molar-refractivity contribution is -0.123. The summed E-state index contributed by atoms with van der Waals surface area (Å²) in [5, 5.41) is 13.3. The number of carbonyl (C=O) groups excluding carboxylic acids is 1. The van der Waals surface area contributed by atoms with Crippen LogP contribution in [0.2, 0.25) is 0 Å². The highest BCUT2D eigenvalue weighted by Crippen LogP contribution is 2.67. The molecule has 3 fully saturated rings. The highest BCUT2D eigenvalue weighted by atomic mass is 16.2. The number of amides is 1. The van der Waals surface area contributed by atoms with Gasteiger partial charge in [0.2, 0.25) is 5.91 Å². The molecule has 9 atom stereocenters. The molecule has 39 heavy (non-hydrogen) atoms. The first-order valence-electron chi connectivity index (χ1n) is 16.3. The number of guanidine groups is 1. The van der Waals surface area contributed by atoms with Gasteiger partial charge in [0.05, 0.1) is 6.04 Å². The Kier molecular flexibility index (Phi) is 9.77. The molecule has 0 aromatic rings. The van der Waals surface area contributed by atoms with Crippen LogP contribution in [-0.2, 0) is 4.79 Å². The van der Waals surface area contributed by atoms with Crippen molar-refractivity contribution in [2.75, 3.05) is 6.54 Å². The average molecular weight is 542 g/mol. The van der Waals surface area contributed by atoms with E-state index in [-0.39, 0.29) is 17.9 Å². The van der Waals surface area contributed by atoms with Crippen molar-refractivity contribution >= 4 is 11.9 Å². The molecule has 3 saturated carbocycles. The zero-order chi connectivity index (χ0) is 28.4.